The Morgan fingerprint density at radius 1 is 1.10 bits per heavy atom. The summed E-state index contributed by atoms with van der Waals surface area (Å²) < 4.78 is 9.46. The first-order valence-corrected chi connectivity index (χ1v) is 7.49. The minimum Gasteiger partial charge on any atom is -0.497 e. The number of esters is 1. The number of ether oxygens (including phenoxy) is 2. The van der Waals surface area contributed by atoms with Crippen LogP contribution in [0.5, 0.6) is 5.75 Å². The maximum absolute atomic E-state index is 12.0. The molecule has 0 spiro atoms. The lowest BCUT2D eigenvalue weighted by molar-refractivity contribution is -0.143. The third-order valence-corrected chi connectivity index (χ3v) is 4.80. The van der Waals surface area contributed by atoms with Crippen LogP contribution >= 0.6 is 11.8 Å². The Morgan fingerprint density at radius 3 is 2.35 bits per heavy atom. The molecule has 2 rings (SSSR count). The molecule has 0 saturated heterocycles. The number of hydrogen-bond donors (Lipinski definition) is 0. The van der Waals surface area contributed by atoms with Crippen molar-refractivity contribution in [1.29, 1.82) is 0 Å². The van der Waals surface area contributed by atoms with E-state index in [1.165, 1.54) is 18.9 Å². The molecular weight excluding hydrogens is 272 g/mol. The number of carbonyl (C=O) groups excluding carboxylic acids is 1. The van der Waals surface area contributed by atoms with Gasteiger partial charge in [-0.05, 0) is 47.7 Å². The van der Waals surface area contributed by atoms with Crippen molar-refractivity contribution in [1.82, 2.24) is 0 Å². The summed E-state index contributed by atoms with van der Waals surface area (Å²) >= 11 is 1.47. The van der Waals surface area contributed by atoms with Crippen LogP contribution in [0.3, 0.4) is 0 Å². The fourth-order valence-electron chi connectivity index (χ4n) is 2.16. The highest BCUT2D eigenvalue weighted by Crippen LogP contribution is 2.37. The molecule has 0 heterocycles. The van der Waals surface area contributed by atoms with E-state index < -0.39 is 4.75 Å². The number of hydrogen-bond acceptors (Lipinski definition) is 4. The average Bonchev–Trinajstić information content (AvgIpc) is 2.52. The summed E-state index contributed by atoms with van der Waals surface area (Å²) in [5.41, 5.74) is 0.939. The second-order valence-corrected chi connectivity index (χ2v) is 5.88. The van der Waals surface area contributed by atoms with Gasteiger partial charge < -0.3 is 9.47 Å². The fourth-order valence-corrected chi connectivity index (χ4v) is 2.77. The van der Waals surface area contributed by atoms with E-state index in [1.54, 1.807) is 7.11 Å². The number of fused-ring (bicyclic) bond motifs is 1. The summed E-state index contributed by atoms with van der Waals surface area (Å²) in [6.45, 7) is 1.88. The first-order chi connectivity index (χ1) is 9.55. The second kappa shape index (κ2) is 5.75. The van der Waals surface area contributed by atoms with E-state index in [0.717, 1.165) is 22.1 Å². The minimum absolute atomic E-state index is 0.238. The van der Waals surface area contributed by atoms with E-state index in [1.807, 2.05) is 49.6 Å². The van der Waals surface area contributed by atoms with Crippen LogP contribution in [-0.2, 0) is 14.3 Å². The monoisotopic (exact) mass is 290 g/mol. The zero-order valence-corrected chi connectivity index (χ0v) is 12.9. The Labute approximate surface area is 123 Å². The molecule has 0 aliphatic carbocycles. The van der Waals surface area contributed by atoms with Gasteiger partial charge in [0.1, 0.15) is 10.5 Å². The molecule has 2 aromatic carbocycles. The smallest absolute Gasteiger partial charge is 0.326 e. The lowest BCUT2D eigenvalue weighted by Gasteiger charge is -2.25. The number of carbonyl (C=O) groups is 1. The SMILES string of the molecule is COC(=O)C(C)(SC)c1ccc2cc(OC)ccc2c1. The molecule has 0 N–H and O–H groups in total. The predicted molar refractivity (Wildman–Crippen MR) is 83.4 cm³/mol. The van der Waals surface area contributed by atoms with Gasteiger partial charge in [-0.15, -0.1) is 11.8 Å². The lowest BCUT2D eigenvalue weighted by atomic mass is 9.97. The highest BCUT2D eigenvalue weighted by molar-refractivity contribution is 8.00. The van der Waals surface area contributed by atoms with Crippen LogP contribution in [0.2, 0.25) is 0 Å². The van der Waals surface area contributed by atoms with Gasteiger partial charge in [-0.2, -0.15) is 0 Å². The molecule has 1 unspecified atom stereocenters. The van der Waals surface area contributed by atoms with E-state index >= 15 is 0 Å². The van der Waals surface area contributed by atoms with Crippen molar-refractivity contribution in [3.05, 3.63) is 42.0 Å². The first kappa shape index (κ1) is 14.7. The maximum Gasteiger partial charge on any atom is 0.326 e. The summed E-state index contributed by atoms with van der Waals surface area (Å²) in [7, 11) is 3.07. The molecule has 4 heteroatoms. The van der Waals surface area contributed by atoms with Crippen molar-refractivity contribution >= 4 is 28.5 Å². The molecule has 3 nitrogen and oxygen atoms in total. The van der Waals surface area contributed by atoms with Crippen LogP contribution < -0.4 is 4.74 Å². The quantitative estimate of drug-likeness (QED) is 0.806. The Hall–Kier alpha value is -1.68. The van der Waals surface area contributed by atoms with E-state index in [-0.39, 0.29) is 5.97 Å². The molecule has 0 aliphatic heterocycles. The second-order valence-electron chi connectivity index (χ2n) is 4.66. The number of methoxy groups -OCH3 is 2. The first-order valence-electron chi connectivity index (χ1n) is 6.27. The standard InChI is InChI=1S/C16H18O3S/c1-16(20-4,15(17)19-3)13-7-5-12-10-14(18-2)8-6-11(12)9-13/h5-10H,1-4H3. The number of thioether (sulfide) groups is 1. The zero-order chi connectivity index (χ0) is 14.8. The van der Waals surface area contributed by atoms with Gasteiger partial charge in [-0.25, -0.2) is 0 Å². The molecule has 2 aromatic rings. The van der Waals surface area contributed by atoms with Gasteiger partial charge in [0.2, 0.25) is 0 Å². The molecule has 106 valence electrons. The van der Waals surface area contributed by atoms with E-state index in [4.69, 9.17) is 9.47 Å². The minimum atomic E-state index is -0.692. The van der Waals surface area contributed by atoms with Crippen LogP contribution in [0.25, 0.3) is 10.8 Å². The van der Waals surface area contributed by atoms with Gasteiger partial charge in [0.15, 0.2) is 0 Å². The van der Waals surface area contributed by atoms with E-state index in [9.17, 15) is 4.79 Å². The Bertz CT molecular complexity index is 639. The summed E-state index contributed by atoms with van der Waals surface area (Å²) in [6.07, 6.45) is 1.91. The van der Waals surface area contributed by atoms with Gasteiger partial charge in [-0.1, -0.05) is 18.2 Å². The molecule has 0 bridgehead atoms. The fraction of sp³-hybridized carbons (Fsp3) is 0.312. The molecule has 1 atom stereocenters. The van der Waals surface area contributed by atoms with Crippen LogP contribution in [0.1, 0.15) is 12.5 Å². The molecular formula is C16H18O3S. The Morgan fingerprint density at radius 2 is 1.75 bits per heavy atom. The van der Waals surface area contributed by atoms with Crippen LogP contribution in [-0.4, -0.2) is 26.4 Å². The lowest BCUT2D eigenvalue weighted by Crippen LogP contribution is -2.29. The maximum atomic E-state index is 12.0. The van der Waals surface area contributed by atoms with Gasteiger partial charge in [-0.3, -0.25) is 4.79 Å². The summed E-state index contributed by atoms with van der Waals surface area (Å²) in [4.78, 5) is 12.0. The van der Waals surface area contributed by atoms with Crippen LogP contribution in [0.4, 0.5) is 0 Å². The average molecular weight is 290 g/mol. The summed E-state index contributed by atoms with van der Waals surface area (Å²) in [5, 5.41) is 2.16. The largest absolute Gasteiger partial charge is 0.497 e. The normalized spacial score (nSPS) is 13.8. The third kappa shape index (κ3) is 2.48. The van der Waals surface area contributed by atoms with Gasteiger partial charge in [0, 0.05) is 0 Å². The van der Waals surface area contributed by atoms with E-state index in [0.29, 0.717) is 0 Å². The summed E-state index contributed by atoms with van der Waals surface area (Å²) in [6, 6.07) is 11.9. The Kier molecular flexibility index (Phi) is 4.23. The van der Waals surface area contributed by atoms with E-state index in [2.05, 4.69) is 0 Å². The van der Waals surface area contributed by atoms with Gasteiger partial charge in [0.05, 0.1) is 14.2 Å². The topological polar surface area (TPSA) is 35.5 Å². The number of rotatable bonds is 4. The molecule has 0 aliphatic rings. The van der Waals surface area contributed by atoms with Crippen molar-refractivity contribution in [2.24, 2.45) is 0 Å². The number of benzene rings is 2. The van der Waals surface area contributed by atoms with Crippen molar-refractivity contribution in [3.63, 3.8) is 0 Å². The molecule has 0 amide bonds. The van der Waals surface area contributed by atoms with Crippen molar-refractivity contribution in [2.45, 2.75) is 11.7 Å². The van der Waals surface area contributed by atoms with Gasteiger partial charge in [0.25, 0.3) is 0 Å². The molecule has 0 saturated carbocycles. The zero-order valence-electron chi connectivity index (χ0n) is 12.1. The summed E-state index contributed by atoms with van der Waals surface area (Å²) in [5.74, 6) is 0.587. The van der Waals surface area contributed by atoms with Crippen LogP contribution in [0.15, 0.2) is 36.4 Å². The highest BCUT2D eigenvalue weighted by Gasteiger charge is 2.35. The molecule has 0 aromatic heterocycles. The molecule has 20 heavy (non-hydrogen) atoms. The van der Waals surface area contributed by atoms with Gasteiger partial charge >= 0.3 is 5.97 Å². The molecule has 0 fully saturated rings. The third-order valence-electron chi connectivity index (χ3n) is 3.58. The Balaban J connectivity index is 2.53. The molecule has 0 radical (unpaired) electrons. The van der Waals surface area contributed by atoms with Crippen molar-refractivity contribution in [3.8, 4) is 5.75 Å². The van der Waals surface area contributed by atoms with Crippen LogP contribution in [0, 0.1) is 0 Å². The van der Waals surface area contributed by atoms with Crippen molar-refractivity contribution < 1.29 is 14.3 Å². The highest BCUT2D eigenvalue weighted by atomic mass is 32.2. The van der Waals surface area contributed by atoms with Crippen molar-refractivity contribution in [2.75, 3.05) is 20.5 Å². The predicted octanol–water partition coefficient (Wildman–Crippen LogP) is 3.60.